The summed E-state index contributed by atoms with van der Waals surface area (Å²) in [6.07, 6.45) is 6.64. The Morgan fingerprint density at radius 2 is 2.44 bits per heavy atom. The smallest absolute Gasteiger partial charge is 0.0271 e. The molecule has 0 fully saturated rings. The molecule has 2 atom stereocenters. The van der Waals surface area contributed by atoms with E-state index in [9.17, 15) is 0 Å². The lowest BCUT2D eigenvalue weighted by Crippen LogP contribution is -1.67. The van der Waals surface area contributed by atoms with E-state index in [4.69, 9.17) is 0 Å². The van der Waals surface area contributed by atoms with E-state index in [1.807, 2.05) is 0 Å². The van der Waals surface area contributed by atoms with E-state index < -0.39 is 0 Å². The molecule has 0 aliphatic heterocycles. The topological polar surface area (TPSA) is 0 Å². The SMILES string of the molecule is CPP(C)C1=CCCC1. The molecule has 0 saturated carbocycles. The third kappa shape index (κ3) is 2.03. The largest absolute Gasteiger partial charge is 0.0952 e. The van der Waals surface area contributed by atoms with Crippen LogP contribution in [-0.2, 0) is 0 Å². The Kier molecular flexibility index (Phi) is 3.16. The lowest BCUT2D eigenvalue weighted by Gasteiger charge is -2.08. The van der Waals surface area contributed by atoms with E-state index >= 15 is 0 Å². The predicted octanol–water partition coefficient (Wildman–Crippen LogP) is 3.39. The van der Waals surface area contributed by atoms with Crippen LogP contribution in [0, 0.1) is 0 Å². The van der Waals surface area contributed by atoms with Crippen LogP contribution >= 0.6 is 15.9 Å². The number of rotatable bonds is 2. The first kappa shape index (κ1) is 7.70. The second kappa shape index (κ2) is 3.69. The second-order valence-electron chi connectivity index (χ2n) is 2.37. The van der Waals surface area contributed by atoms with Crippen molar-refractivity contribution in [3.05, 3.63) is 11.4 Å². The Labute approximate surface area is 60.5 Å². The van der Waals surface area contributed by atoms with E-state index in [0.717, 1.165) is 8.27 Å². The van der Waals surface area contributed by atoms with Crippen LogP contribution in [0.5, 0.6) is 0 Å². The molecule has 0 N–H and O–H groups in total. The van der Waals surface area contributed by atoms with Crippen molar-refractivity contribution < 1.29 is 0 Å². The number of hydrogen-bond acceptors (Lipinski definition) is 0. The van der Waals surface area contributed by atoms with Crippen molar-refractivity contribution in [3.63, 3.8) is 0 Å². The average Bonchev–Trinajstić information content (AvgIpc) is 2.37. The molecule has 0 spiro atoms. The summed E-state index contributed by atoms with van der Waals surface area (Å²) in [4.78, 5) is 0. The zero-order valence-corrected chi connectivity index (χ0v) is 8.04. The van der Waals surface area contributed by atoms with E-state index in [0.29, 0.717) is 7.61 Å². The highest BCUT2D eigenvalue weighted by atomic mass is 32.0. The highest BCUT2D eigenvalue weighted by Crippen LogP contribution is 2.59. The summed E-state index contributed by atoms with van der Waals surface area (Å²) in [6.45, 7) is 4.73. The minimum atomic E-state index is 0.309. The van der Waals surface area contributed by atoms with Gasteiger partial charge in [0.05, 0.1) is 0 Å². The Hall–Kier alpha value is 0.600. The Morgan fingerprint density at radius 1 is 1.67 bits per heavy atom. The van der Waals surface area contributed by atoms with Crippen molar-refractivity contribution in [1.82, 2.24) is 0 Å². The molecular formula is C7H14P2. The normalized spacial score (nSPS) is 23.1. The molecule has 1 aliphatic rings. The summed E-state index contributed by atoms with van der Waals surface area (Å²) in [5.74, 6) is 0. The van der Waals surface area contributed by atoms with Gasteiger partial charge in [-0.3, -0.25) is 0 Å². The zero-order chi connectivity index (χ0) is 6.69. The predicted molar refractivity (Wildman–Crippen MR) is 49.0 cm³/mol. The van der Waals surface area contributed by atoms with Crippen molar-refractivity contribution in [2.45, 2.75) is 19.3 Å². The fraction of sp³-hybridized carbons (Fsp3) is 0.714. The molecule has 2 unspecified atom stereocenters. The van der Waals surface area contributed by atoms with Gasteiger partial charge in [0.2, 0.25) is 0 Å². The second-order valence-corrected chi connectivity index (χ2v) is 7.86. The van der Waals surface area contributed by atoms with Gasteiger partial charge in [-0.2, -0.15) is 0 Å². The third-order valence-electron chi connectivity index (χ3n) is 1.78. The van der Waals surface area contributed by atoms with Crippen molar-refractivity contribution in [2.24, 2.45) is 0 Å². The molecule has 0 amide bonds. The van der Waals surface area contributed by atoms with Crippen LogP contribution in [0.25, 0.3) is 0 Å². The van der Waals surface area contributed by atoms with Crippen molar-refractivity contribution in [1.29, 1.82) is 0 Å². The van der Waals surface area contributed by atoms with Gasteiger partial charge in [-0.1, -0.05) is 22.0 Å². The van der Waals surface area contributed by atoms with Gasteiger partial charge in [0.15, 0.2) is 0 Å². The molecule has 0 radical (unpaired) electrons. The van der Waals surface area contributed by atoms with Crippen LogP contribution in [0.1, 0.15) is 19.3 Å². The van der Waals surface area contributed by atoms with Gasteiger partial charge in [0, 0.05) is 0 Å². The van der Waals surface area contributed by atoms with Gasteiger partial charge in [0.25, 0.3) is 0 Å². The molecule has 0 aromatic rings. The van der Waals surface area contributed by atoms with Gasteiger partial charge in [-0.05, 0) is 37.9 Å². The quantitative estimate of drug-likeness (QED) is 0.543. The fourth-order valence-electron chi connectivity index (χ4n) is 1.10. The van der Waals surface area contributed by atoms with Crippen LogP contribution in [0.15, 0.2) is 11.4 Å². The lowest BCUT2D eigenvalue weighted by molar-refractivity contribution is 0.924. The summed E-state index contributed by atoms with van der Waals surface area (Å²) in [5, 5.41) is 1.78. The Balaban J connectivity index is 2.40. The van der Waals surface area contributed by atoms with Gasteiger partial charge in [-0.15, -0.1) is 0 Å². The summed E-state index contributed by atoms with van der Waals surface area (Å²) in [5.41, 5.74) is 0. The van der Waals surface area contributed by atoms with Crippen molar-refractivity contribution >= 4 is 15.9 Å². The van der Waals surface area contributed by atoms with Crippen LogP contribution < -0.4 is 0 Å². The molecule has 0 aromatic carbocycles. The average molecular weight is 160 g/mol. The highest BCUT2D eigenvalue weighted by Gasteiger charge is 2.09. The van der Waals surface area contributed by atoms with Gasteiger partial charge >= 0.3 is 0 Å². The van der Waals surface area contributed by atoms with E-state index in [1.54, 1.807) is 5.31 Å². The van der Waals surface area contributed by atoms with E-state index in [2.05, 4.69) is 19.4 Å². The lowest BCUT2D eigenvalue weighted by atomic mass is 10.4. The number of hydrogen-bond donors (Lipinski definition) is 0. The third-order valence-corrected chi connectivity index (χ3v) is 6.60. The molecule has 0 aromatic heterocycles. The summed E-state index contributed by atoms with van der Waals surface area (Å²) in [6, 6.07) is 0. The maximum absolute atomic E-state index is 2.46. The van der Waals surface area contributed by atoms with Crippen molar-refractivity contribution in [3.8, 4) is 0 Å². The highest BCUT2D eigenvalue weighted by molar-refractivity contribution is 8.22. The van der Waals surface area contributed by atoms with Gasteiger partial charge < -0.3 is 0 Å². The van der Waals surface area contributed by atoms with Gasteiger partial charge in [0.1, 0.15) is 0 Å². The first-order valence-electron chi connectivity index (χ1n) is 3.44. The summed E-state index contributed by atoms with van der Waals surface area (Å²) in [7, 11) is 1.47. The summed E-state index contributed by atoms with van der Waals surface area (Å²) >= 11 is 0. The molecule has 0 nitrogen and oxygen atoms in total. The van der Waals surface area contributed by atoms with E-state index in [-0.39, 0.29) is 0 Å². The molecule has 0 bridgehead atoms. The maximum Gasteiger partial charge on any atom is -0.0271 e. The van der Waals surface area contributed by atoms with Crippen LogP contribution in [-0.4, -0.2) is 13.3 Å². The summed E-state index contributed by atoms with van der Waals surface area (Å²) < 4.78 is 0. The monoisotopic (exact) mass is 160 g/mol. The van der Waals surface area contributed by atoms with Crippen LogP contribution in [0.2, 0.25) is 0 Å². The number of allylic oxidation sites excluding steroid dienone is 2. The standard InChI is InChI=1S/C7H14P2/c1-8-9(2)7-5-3-4-6-7/h5,8H,3-4,6H2,1-2H3. The zero-order valence-electron chi connectivity index (χ0n) is 6.15. The molecule has 9 heavy (non-hydrogen) atoms. The van der Waals surface area contributed by atoms with Crippen LogP contribution in [0.3, 0.4) is 0 Å². The molecule has 2 heteroatoms. The molecule has 0 heterocycles. The van der Waals surface area contributed by atoms with Crippen molar-refractivity contribution in [2.75, 3.05) is 13.3 Å². The molecule has 1 aliphatic carbocycles. The van der Waals surface area contributed by atoms with Gasteiger partial charge in [-0.25, -0.2) is 0 Å². The fourth-order valence-corrected chi connectivity index (χ4v) is 3.76. The molecule has 0 saturated heterocycles. The molecule has 1 rings (SSSR count). The minimum Gasteiger partial charge on any atom is -0.0952 e. The maximum atomic E-state index is 2.46. The van der Waals surface area contributed by atoms with E-state index in [1.165, 1.54) is 19.3 Å². The Morgan fingerprint density at radius 3 is 2.89 bits per heavy atom. The van der Waals surface area contributed by atoms with Crippen LogP contribution in [0.4, 0.5) is 0 Å². The first-order chi connectivity index (χ1) is 4.34. The Bertz CT molecular complexity index is 118. The molecular weight excluding hydrogens is 146 g/mol. The minimum absolute atomic E-state index is 0.309. The molecule has 52 valence electrons. The first-order valence-corrected chi connectivity index (χ1v) is 7.58.